The molecule has 4 nitrogen and oxygen atoms in total. The van der Waals surface area contributed by atoms with Crippen LogP contribution in [-0.4, -0.2) is 43.0 Å². The van der Waals surface area contributed by atoms with Gasteiger partial charge in [-0.3, -0.25) is 0 Å². The predicted octanol–water partition coefficient (Wildman–Crippen LogP) is 0.644. The lowest BCUT2D eigenvalue weighted by Gasteiger charge is -2.23. The number of hydrogen-bond donors (Lipinski definition) is 3. The van der Waals surface area contributed by atoms with Crippen LogP contribution >= 0.6 is 0 Å². The molecule has 0 bridgehead atoms. The van der Waals surface area contributed by atoms with Crippen molar-refractivity contribution in [2.24, 2.45) is 5.92 Å². The summed E-state index contributed by atoms with van der Waals surface area (Å²) in [6, 6.07) is -0.163. The Labute approximate surface area is 98.5 Å². The van der Waals surface area contributed by atoms with Crippen molar-refractivity contribution in [3.05, 3.63) is 0 Å². The van der Waals surface area contributed by atoms with E-state index in [-0.39, 0.29) is 12.6 Å². The molecular formula is C11H24BNO3. The molecule has 16 heavy (non-hydrogen) atoms. The SMILES string of the molecule is CB(O)N[C@@H](CO)COCC1CCCCC1. The lowest BCUT2D eigenvalue weighted by atomic mass is 9.87. The Bertz CT molecular complexity index is 175. The number of aliphatic hydroxyl groups excluding tert-OH is 1. The fraction of sp³-hybridized carbons (Fsp3) is 1.00. The average Bonchev–Trinajstić information content (AvgIpc) is 2.28. The molecule has 1 fully saturated rings. The molecule has 0 unspecified atom stereocenters. The number of rotatable bonds is 7. The van der Waals surface area contributed by atoms with Gasteiger partial charge in [0.05, 0.1) is 13.2 Å². The summed E-state index contributed by atoms with van der Waals surface area (Å²) in [4.78, 5) is 0. The number of nitrogens with one attached hydrogen (secondary N) is 1. The summed E-state index contributed by atoms with van der Waals surface area (Å²) in [5.41, 5.74) is 0. The topological polar surface area (TPSA) is 61.7 Å². The van der Waals surface area contributed by atoms with Crippen molar-refractivity contribution in [2.75, 3.05) is 19.8 Å². The van der Waals surface area contributed by atoms with Gasteiger partial charge in [0.15, 0.2) is 0 Å². The van der Waals surface area contributed by atoms with Crippen LogP contribution in [0.2, 0.25) is 6.82 Å². The zero-order valence-corrected chi connectivity index (χ0v) is 10.2. The summed E-state index contributed by atoms with van der Waals surface area (Å²) in [6.07, 6.45) is 6.55. The molecule has 0 saturated heterocycles. The molecule has 1 aliphatic rings. The van der Waals surface area contributed by atoms with E-state index in [9.17, 15) is 0 Å². The van der Waals surface area contributed by atoms with Gasteiger partial charge in [-0.1, -0.05) is 19.3 Å². The first-order valence-corrected chi connectivity index (χ1v) is 6.35. The molecule has 0 aromatic carbocycles. The van der Waals surface area contributed by atoms with Gasteiger partial charge in [-0.25, -0.2) is 0 Å². The van der Waals surface area contributed by atoms with Gasteiger partial charge in [-0.15, -0.1) is 0 Å². The Morgan fingerprint density at radius 1 is 1.38 bits per heavy atom. The van der Waals surface area contributed by atoms with Gasteiger partial charge in [0.25, 0.3) is 0 Å². The van der Waals surface area contributed by atoms with E-state index in [4.69, 9.17) is 14.9 Å². The molecule has 3 N–H and O–H groups in total. The standard InChI is InChI=1S/C11H24BNO3/c1-12(15)13-11(7-14)9-16-8-10-5-3-2-4-6-10/h10-11,13-15H,2-9H2,1H3/t11-/m0/s1. The molecule has 94 valence electrons. The Kier molecular flexibility index (Phi) is 7.04. The molecule has 1 aliphatic carbocycles. The lowest BCUT2D eigenvalue weighted by molar-refractivity contribution is 0.0598. The van der Waals surface area contributed by atoms with Gasteiger partial charge in [0, 0.05) is 12.6 Å². The van der Waals surface area contributed by atoms with E-state index in [1.54, 1.807) is 6.82 Å². The number of aliphatic hydroxyl groups is 1. The first-order chi connectivity index (χ1) is 7.72. The van der Waals surface area contributed by atoms with Crippen LogP contribution in [0.4, 0.5) is 0 Å². The summed E-state index contributed by atoms with van der Waals surface area (Å²) >= 11 is 0. The Hall–Kier alpha value is -0.0951. The number of ether oxygens (including phenoxy) is 1. The highest BCUT2D eigenvalue weighted by molar-refractivity contribution is 6.45. The molecule has 1 atom stereocenters. The van der Waals surface area contributed by atoms with Gasteiger partial charge in [-0.2, -0.15) is 0 Å². The molecule has 0 radical (unpaired) electrons. The predicted molar refractivity (Wildman–Crippen MR) is 65.2 cm³/mol. The first kappa shape index (κ1) is 14.0. The van der Waals surface area contributed by atoms with E-state index in [2.05, 4.69) is 5.23 Å². The van der Waals surface area contributed by atoms with E-state index in [0.29, 0.717) is 12.5 Å². The van der Waals surface area contributed by atoms with Crippen molar-refractivity contribution in [2.45, 2.75) is 45.0 Å². The van der Waals surface area contributed by atoms with E-state index in [1.807, 2.05) is 0 Å². The summed E-state index contributed by atoms with van der Waals surface area (Å²) in [5.74, 6) is 0.694. The molecule has 0 spiro atoms. The van der Waals surface area contributed by atoms with Crippen LogP contribution in [0.5, 0.6) is 0 Å². The van der Waals surface area contributed by atoms with Crippen LogP contribution in [0.3, 0.4) is 0 Å². The zero-order chi connectivity index (χ0) is 11.8. The van der Waals surface area contributed by atoms with Crippen LogP contribution < -0.4 is 5.23 Å². The Balaban J connectivity index is 2.07. The van der Waals surface area contributed by atoms with E-state index >= 15 is 0 Å². The Morgan fingerprint density at radius 3 is 2.62 bits per heavy atom. The molecule has 0 heterocycles. The zero-order valence-electron chi connectivity index (χ0n) is 10.2. The fourth-order valence-corrected chi connectivity index (χ4v) is 2.23. The molecule has 0 amide bonds. The van der Waals surface area contributed by atoms with Crippen molar-refractivity contribution in [1.29, 1.82) is 0 Å². The summed E-state index contributed by atoms with van der Waals surface area (Å²) in [7, 11) is -0.601. The van der Waals surface area contributed by atoms with Crippen molar-refractivity contribution >= 4 is 7.05 Å². The number of hydrogen-bond acceptors (Lipinski definition) is 4. The highest BCUT2D eigenvalue weighted by Gasteiger charge is 2.16. The van der Waals surface area contributed by atoms with Crippen molar-refractivity contribution in [3.63, 3.8) is 0 Å². The second-order valence-corrected chi connectivity index (χ2v) is 4.76. The molecule has 5 heteroatoms. The highest BCUT2D eigenvalue weighted by atomic mass is 16.5. The van der Waals surface area contributed by atoms with Crippen LogP contribution in [0, 0.1) is 5.92 Å². The first-order valence-electron chi connectivity index (χ1n) is 6.35. The summed E-state index contributed by atoms with van der Waals surface area (Å²) in [5, 5.41) is 21.0. The molecule has 0 aromatic rings. The Morgan fingerprint density at radius 2 is 2.06 bits per heavy atom. The van der Waals surface area contributed by atoms with Crippen molar-refractivity contribution in [3.8, 4) is 0 Å². The maximum atomic E-state index is 9.12. The van der Waals surface area contributed by atoms with Gasteiger partial charge in [-0.05, 0) is 25.6 Å². The highest BCUT2D eigenvalue weighted by Crippen LogP contribution is 2.23. The largest absolute Gasteiger partial charge is 0.437 e. The molecule has 1 saturated carbocycles. The van der Waals surface area contributed by atoms with Crippen LogP contribution in [0.15, 0.2) is 0 Å². The molecule has 0 aromatic heterocycles. The minimum absolute atomic E-state index is 0.00440. The second kappa shape index (κ2) is 8.06. The average molecular weight is 229 g/mol. The van der Waals surface area contributed by atoms with Gasteiger partial charge < -0.3 is 20.1 Å². The van der Waals surface area contributed by atoms with Crippen molar-refractivity contribution in [1.82, 2.24) is 5.23 Å². The van der Waals surface area contributed by atoms with Crippen molar-refractivity contribution < 1.29 is 14.9 Å². The lowest BCUT2D eigenvalue weighted by Crippen LogP contribution is -2.45. The molecule has 1 rings (SSSR count). The van der Waals surface area contributed by atoms with E-state index in [1.165, 1.54) is 32.1 Å². The quantitative estimate of drug-likeness (QED) is 0.561. The maximum absolute atomic E-state index is 9.12. The molecular weight excluding hydrogens is 205 g/mol. The minimum Gasteiger partial charge on any atom is -0.437 e. The third-order valence-corrected chi connectivity index (χ3v) is 3.09. The third kappa shape index (κ3) is 5.84. The third-order valence-electron chi connectivity index (χ3n) is 3.09. The van der Waals surface area contributed by atoms with E-state index in [0.717, 1.165) is 6.61 Å². The van der Waals surface area contributed by atoms with Crippen LogP contribution in [0.1, 0.15) is 32.1 Å². The monoisotopic (exact) mass is 229 g/mol. The smallest absolute Gasteiger partial charge is 0.373 e. The van der Waals surface area contributed by atoms with E-state index < -0.39 is 7.05 Å². The van der Waals surface area contributed by atoms with Gasteiger partial charge in [0.1, 0.15) is 0 Å². The fourth-order valence-electron chi connectivity index (χ4n) is 2.23. The maximum Gasteiger partial charge on any atom is 0.373 e. The normalized spacial score (nSPS) is 19.7. The van der Waals surface area contributed by atoms with Crippen LogP contribution in [0.25, 0.3) is 0 Å². The van der Waals surface area contributed by atoms with Gasteiger partial charge >= 0.3 is 7.05 Å². The molecule has 0 aliphatic heterocycles. The second-order valence-electron chi connectivity index (χ2n) is 4.76. The summed E-state index contributed by atoms with van der Waals surface area (Å²) in [6.45, 7) is 2.90. The minimum atomic E-state index is -0.601. The van der Waals surface area contributed by atoms with Crippen LogP contribution in [-0.2, 0) is 4.74 Å². The van der Waals surface area contributed by atoms with Gasteiger partial charge in [0.2, 0.25) is 0 Å². The summed E-state index contributed by atoms with van der Waals surface area (Å²) < 4.78 is 5.59.